The van der Waals surface area contributed by atoms with Crippen LogP contribution < -0.4 is 20.3 Å². The van der Waals surface area contributed by atoms with Crippen LogP contribution in [0.5, 0.6) is 5.75 Å². The van der Waals surface area contributed by atoms with Gasteiger partial charge in [0.2, 0.25) is 0 Å². The van der Waals surface area contributed by atoms with Gasteiger partial charge in [-0.05, 0) is 50.3 Å². The van der Waals surface area contributed by atoms with Crippen molar-refractivity contribution in [1.29, 1.82) is 0 Å². The smallest absolute Gasteiger partial charge is 0.387 e. The maximum Gasteiger partial charge on any atom is 0.387 e. The van der Waals surface area contributed by atoms with Gasteiger partial charge in [0.25, 0.3) is 0 Å². The predicted octanol–water partition coefficient (Wildman–Crippen LogP) is 1.50. The largest absolute Gasteiger partial charge is 0.435 e. The lowest BCUT2D eigenvalue weighted by Gasteiger charge is -2.16. The Bertz CT molecular complexity index is 425. The number of likely N-dealkylation sites (N-methyl/N-ethyl adjacent to an activating group) is 1. The van der Waals surface area contributed by atoms with Crippen molar-refractivity contribution in [2.24, 2.45) is 0 Å². The third-order valence-corrected chi connectivity index (χ3v) is 3.35. The van der Waals surface area contributed by atoms with Crippen LogP contribution in [0, 0.1) is 0 Å². The summed E-state index contributed by atoms with van der Waals surface area (Å²) in [6, 6.07) is 6.22. The second-order valence-electron chi connectivity index (χ2n) is 4.49. The molecule has 0 amide bonds. The second-order valence-corrected chi connectivity index (χ2v) is 4.90. The molecule has 0 saturated heterocycles. The molecular formula is C14H22F2N3OS+. The molecule has 1 aromatic rings. The number of halogens is 2. The van der Waals surface area contributed by atoms with Crippen molar-refractivity contribution in [2.75, 3.05) is 31.5 Å². The standard InChI is InChI=1S/C14H21F2N3OS/c1-3-19(4-2)10-9-17-14(21)18-11-5-7-12(8-6-11)20-13(15)16/h5-8,13H,3-4,9-10H2,1-2H3,(H2,17,18,21)/p+1. The van der Waals surface area contributed by atoms with Crippen LogP contribution in [-0.4, -0.2) is 37.9 Å². The first-order valence-corrected chi connectivity index (χ1v) is 7.39. The van der Waals surface area contributed by atoms with Crippen LogP contribution in [0.3, 0.4) is 0 Å². The summed E-state index contributed by atoms with van der Waals surface area (Å²) in [5, 5.41) is 6.64. The normalized spacial score (nSPS) is 10.8. The van der Waals surface area contributed by atoms with E-state index < -0.39 is 6.61 Å². The number of ether oxygens (including phenoxy) is 1. The van der Waals surface area contributed by atoms with Gasteiger partial charge in [-0.15, -0.1) is 0 Å². The number of thiocarbonyl (C=S) groups is 1. The average molecular weight is 318 g/mol. The fourth-order valence-corrected chi connectivity index (χ4v) is 2.07. The highest BCUT2D eigenvalue weighted by Crippen LogP contribution is 2.17. The fraction of sp³-hybridized carbons (Fsp3) is 0.500. The minimum Gasteiger partial charge on any atom is -0.435 e. The summed E-state index contributed by atoms with van der Waals surface area (Å²) in [5.74, 6) is 0.125. The molecule has 118 valence electrons. The van der Waals surface area contributed by atoms with Gasteiger partial charge in [-0.2, -0.15) is 8.78 Å². The Kier molecular flexibility index (Phi) is 7.92. The molecule has 0 spiro atoms. The maximum absolute atomic E-state index is 12.0. The lowest BCUT2D eigenvalue weighted by atomic mass is 10.3. The Morgan fingerprint density at radius 2 is 1.86 bits per heavy atom. The van der Waals surface area contributed by atoms with Gasteiger partial charge in [0.1, 0.15) is 5.75 Å². The summed E-state index contributed by atoms with van der Waals surface area (Å²) in [7, 11) is 0. The number of quaternary nitrogens is 1. The summed E-state index contributed by atoms with van der Waals surface area (Å²) in [6.45, 7) is 5.45. The van der Waals surface area contributed by atoms with E-state index in [4.69, 9.17) is 12.2 Å². The van der Waals surface area contributed by atoms with Crippen LogP contribution >= 0.6 is 12.2 Å². The van der Waals surface area contributed by atoms with Crippen LogP contribution in [0.1, 0.15) is 13.8 Å². The molecule has 0 unspecified atom stereocenters. The molecule has 0 bridgehead atoms. The van der Waals surface area contributed by atoms with E-state index in [0.717, 1.165) is 31.9 Å². The van der Waals surface area contributed by atoms with E-state index in [1.54, 1.807) is 12.1 Å². The Morgan fingerprint density at radius 3 is 2.38 bits per heavy atom. The maximum atomic E-state index is 12.0. The molecule has 0 radical (unpaired) electrons. The Hall–Kier alpha value is -1.47. The van der Waals surface area contributed by atoms with Crippen molar-refractivity contribution in [2.45, 2.75) is 20.5 Å². The summed E-state index contributed by atoms with van der Waals surface area (Å²) in [4.78, 5) is 1.50. The van der Waals surface area contributed by atoms with E-state index in [-0.39, 0.29) is 5.75 Å². The Labute approximate surface area is 129 Å². The van der Waals surface area contributed by atoms with Crippen LogP contribution in [0.25, 0.3) is 0 Å². The number of rotatable bonds is 8. The van der Waals surface area contributed by atoms with Gasteiger partial charge in [-0.3, -0.25) is 0 Å². The third-order valence-electron chi connectivity index (χ3n) is 3.10. The first-order valence-electron chi connectivity index (χ1n) is 6.98. The first kappa shape index (κ1) is 17.6. The molecule has 0 heterocycles. The van der Waals surface area contributed by atoms with Gasteiger partial charge in [0.05, 0.1) is 26.2 Å². The number of hydrogen-bond acceptors (Lipinski definition) is 2. The van der Waals surface area contributed by atoms with Crippen molar-refractivity contribution in [3.8, 4) is 5.75 Å². The zero-order chi connectivity index (χ0) is 15.7. The number of alkyl halides is 2. The van der Waals surface area contributed by atoms with Crippen LogP contribution in [0.2, 0.25) is 0 Å². The lowest BCUT2D eigenvalue weighted by Crippen LogP contribution is -3.12. The number of benzene rings is 1. The van der Waals surface area contributed by atoms with E-state index in [9.17, 15) is 8.78 Å². The summed E-state index contributed by atoms with van der Waals surface area (Å²) in [5.41, 5.74) is 0.726. The van der Waals surface area contributed by atoms with Gasteiger partial charge in [-0.1, -0.05) is 0 Å². The molecule has 4 nitrogen and oxygen atoms in total. The summed E-state index contributed by atoms with van der Waals surface area (Å²) < 4.78 is 28.3. The Morgan fingerprint density at radius 1 is 1.24 bits per heavy atom. The zero-order valence-corrected chi connectivity index (χ0v) is 13.1. The highest BCUT2D eigenvalue weighted by atomic mass is 32.1. The molecule has 1 aromatic carbocycles. The zero-order valence-electron chi connectivity index (χ0n) is 12.3. The summed E-state index contributed by atoms with van der Waals surface area (Å²) >= 11 is 5.18. The van der Waals surface area contributed by atoms with Crippen LogP contribution in [0.15, 0.2) is 24.3 Å². The van der Waals surface area contributed by atoms with Crippen molar-refractivity contribution in [1.82, 2.24) is 5.32 Å². The highest BCUT2D eigenvalue weighted by Gasteiger charge is 2.05. The van der Waals surface area contributed by atoms with Gasteiger partial charge >= 0.3 is 6.61 Å². The van der Waals surface area contributed by atoms with Crippen LogP contribution in [0.4, 0.5) is 14.5 Å². The molecule has 1 rings (SSSR count). The topological polar surface area (TPSA) is 37.7 Å². The van der Waals surface area contributed by atoms with Crippen molar-refractivity contribution >= 4 is 23.0 Å². The third kappa shape index (κ3) is 7.19. The van der Waals surface area contributed by atoms with Crippen molar-refractivity contribution in [3.63, 3.8) is 0 Å². The molecule has 0 aliphatic carbocycles. The number of anilines is 1. The van der Waals surface area contributed by atoms with Crippen molar-refractivity contribution < 1.29 is 18.4 Å². The summed E-state index contributed by atoms with van der Waals surface area (Å²) in [6.07, 6.45) is 0. The average Bonchev–Trinajstić information content (AvgIpc) is 2.45. The second kappa shape index (κ2) is 9.46. The van der Waals surface area contributed by atoms with E-state index in [0.29, 0.717) is 5.11 Å². The molecule has 21 heavy (non-hydrogen) atoms. The lowest BCUT2D eigenvalue weighted by molar-refractivity contribution is -0.895. The fourth-order valence-electron chi connectivity index (χ4n) is 1.85. The van der Waals surface area contributed by atoms with Crippen molar-refractivity contribution in [3.05, 3.63) is 24.3 Å². The van der Waals surface area contributed by atoms with Gasteiger partial charge in [0, 0.05) is 5.69 Å². The first-order chi connectivity index (χ1) is 10.0. The quantitative estimate of drug-likeness (QED) is 0.635. The van der Waals surface area contributed by atoms with E-state index in [1.165, 1.54) is 17.0 Å². The predicted molar refractivity (Wildman–Crippen MR) is 84.2 cm³/mol. The number of nitrogens with one attached hydrogen (secondary N) is 3. The minimum atomic E-state index is -2.81. The van der Waals surface area contributed by atoms with E-state index in [2.05, 4.69) is 29.2 Å². The Balaban J connectivity index is 2.34. The SMILES string of the molecule is CC[NH+](CC)CCNC(=S)Nc1ccc(OC(F)F)cc1. The molecule has 0 aliphatic rings. The van der Waals surface area contributed by atoms with Crippen LogP contribution in [-0.2, 0) is 0 Å². The van der Waals surface area contributed by atoms with E-state index >= 15 is 0 Å². The molecule has 0 fully saturated rings. The molecule has 0 saturated carbocycles. The molecule has 0 aromatic heterocycles. The molecular weight excluding hydrogens is 296 g/mol. The highest BCUT2D eigenvalue weighted by molar-refractivity contribution is 7.80. The monoisotopic (exact) mass is 318 g/mol. The molecule has 3 N–H and O–H groups in total. The molecule has 7 heteroatoms. The molecule has 0 aliphatic heterocycles. The van der Waals surface area contributed by atoms with Gasteiger partial charge < -0.3 is 20.3 Å². The minimum absolute atomic E-state index is 0.125. The molecule has 0 atom stereocenters. The number of hydrogen-bond donors (Lipinski definition) is 3. The van der Waals surface area contributed by atoms with Gasteiger partial charge in [-0.25, -0.2) is 0 Å². The van der Waals surface area contributed by atoms with Gasteiger partial charge in [0.15, 0.2) is 5.11 Å². The van der Waals surface area contributed by atoms with E-state index in [1.807, 2.05) is 0 Å².